The van der Waals surface area contributed by atoms with E-state index in [1.807, 2.05) is 11.0 Å². The first kappa shape index (κ1) is 33.9. The largest absolute Gasteiger partial charge is 0.480 e. The van der Waals surface area contributed by atoms with Crippen LogP contribution in [0.1, 0.15) is 81.8 Å². The molecular weight excluding hydrogens is 584 g/mol. The number of carbonyl (C=O) groups excluding carboxylic acids is 1. The van der Waals surface area contributed by atoms with Crippen LogP contribution in [-0.4, -0.2) is 88.1 Å². The first-order valence-corrected chi connectivity index (χ1v) is 17.2. The van der Waals surface area contributed by atoms with E-state index < -0.39 is 16.9 Å². The van der Waals surface area contributed by atoms with E-state index in [0.717, 1.165) is 89.7 Å². The van der Waals surface area contributed by atoms with Crippen molar-refractivity contribution in [2.24, 2.45) is 11.8 Å². The van der Waals surface area contributed by atoms with Gasteiger partial charge in [-0.15, -0.1) is 0 Å². The zero-order chi connectivity index (χ0) is 32.5. The maximum atomic E-state index is 13.3. The van der Waals surface area contributed by atoms with Crippen molar-refractivity contribution in [1.29, 1.82) is 0 Å². The minimum Gasteiger partial charge on any atom is -0.480 e. The fourth-order valence-corrected chi connectivity index (χ4v) is 7.94. The number of nitro groups is 1. The summed E-state index contributed by atoms with van der Waals surface area (Å²) in [5, 5.41) is 21.3. The van der Waals surface area contributed by atoms with Gasteiger partial charge in [-0.3, -0.25) is 19.8 Å². The number of amides is 1. The first-order chi connectivity index (χ1) is 22.3. The molecule has 0 spiro atoms. The maximum absolute atomic E-state index is 13.3. The Labute approximate surface area is 272 Å². The summed E-state index contributed by atoms with van der Waals surface area (Å²) in [4.78, 5) is 43.1. The highest BCUT2D eigenvalue weighted by Gasteiger charge is 2.43. The Morgan fingerprint density at radius 3 is 2.33 bits per heavy atom. The predicted octanol–water partition coefficient (Wildman–Crippen LogP) is 6.55. The summed E-state index contributed by atoms with van der Waals surface area (Å²) in [7, 11) is 0. The lowest BCUT2D eigenvalue weighted by atomic mass is 9.83. The molecule has 2 aromatic rings. The minimum absolute atomic E-state index is 0.0118. The van der Waals surface area contributed by atoms with Crippen LogP contribution < -0.4 is 0 Å². The summed E-state index contributed by atoms with van der Waals surface area (Å²) < 4.78 is 5.69. The Bertz CT molecular complexity index is 1280. The average Bonchev–Trinajstić information content (AvgIpc) is 3.48. The lowest BCUT2D eigenvalue weighted by Gasteiger charge is -2.39. The molecule has 0 radical (unpaired) electrons. The van der Waals surface area contributed by atoms with Gasteiger partial charge in [-0.25, -0.2) is 4.79 Å². The summed E-state index contributed by atoms with van der Waals surface area (Å²) in [6.45, 7) is 7.09. The van der Waals surface area contributed by atoms with E-state index in [4.69, 9.17) is 4.74 Å². The van der Waals surface area contributed by atoms with Crippen LogP contribution in [0.3, 0.4) is 0 Å². The van der Waals surface area contributed by atoms with Gasteiger partial charge in [-0.05, 0) is 67.2 Å². The molecule has 2 saturated heterocycles. The van der Waals surface area contributed by atoms with Crippen molar-refractivity contribution in [1.82, 2.24) is 14.7 Å². The Balaban J connectivity index is 1.20. The van der Waals surface area contributed by atoms with Crippen molar-refractivity contribution >= 4 is 17.7 Å². The Hall–Kier alpha value is -3.50. The standard InChI is InChI=1S/C36H50N4O6/c1-2-3-20-39(36(43)46-26-27-14-16-32(17-15-27)40(44)45)31-18-21-37(22-19-31)23-30-24-38(25-33(30)28-10-6-4-7-11-28)34(35(41)42)29-12-8-5-9-13-29/h4,6-7,10-11,14-17,29-31,33-34H,2-3,5,8-9,12-13,18-26H2,1H3,(H,41,42)/t30-,33+,34+/m0/s1. The fraction of sp³-hybridized carbons (Fsp3) is 0.611. The summed E-state index contributed by atoms with van der Waals surface area (Å²) in [5.41, 5.74) is 2.02. The van der Waals surface area contributed by atoms with Gasteiger partial charge >= 0.3 is 12.1 Å². The second-order valence-corrected chi connectivity index (χ2v) is 13.5. The number of rotatable bonds is 13. The molecule has 1 saturated carbocycles. The third kappa shape index (κ3) is 8.64. The average molecular weight is 635 g/mol. The van der Waals surface area contributed by atoms with Crippen LogP contribution >= 0.6 is 0 Å². The highest BCUT2D eigenvalue weighted by Crippen LogP contribution is 2.38. The second kappa shape index (κ2) is 16.4. The zero-order valence-electron chi connectivity index (χ0n) is 27.2. The van der Waals surface area contributed by atoms with Gasteiger partial charge < -0.3 is 19.6 Å². The molecule has 1 N–H and O–H groups in total. The van der Waals surface area contributed by atoms with Gasteiger partial charge in [-0.2, -0.15) is 0 Å². The molecule has 1 amide bonds. The van der Waals surface area contributed by atoms with Gasteiger partial charge in [0.2, 0.25) is 0 Å². The Kier molecular flexibility index (Phi) is 12.0. The molecule has 3 fully saturated rings. The van der Waals surface area contributed by atoms with Crippen molar-refractivity contribution in [3.63, 3.8) is 0 Å². The molecule has 2 heterocycles. The van der Waals surface area contributed by atoms with E-state index >= 15 is 0 Å². The molecule has 3 atom stereocenters. The number of carboxylic acid groups (broad SMARTS) is 1. The van der Waals surface area contributed by atoms with Gasteiger partial charge in [0.25, 0.3) is 5.69 Å². The van der Waals surface area contributed by atoms with Gasteiger partial charge in [0.15, 0.2) is 0 Å². The number of hydrogen-bond acceptors (Lipinski definition) is 7. The van der Waals surface area contributed by atoms with Crippen LogP contribution in [0, 0.1) is 22.0 Å². The molecule has 0 aromatic heterocycles. The van der Waals surface area contributed by atoms with E-state index in [2.05, 4.69) is 41.0 Å². The van der Waals surface area contributed by atoms with Crippen LogP contribution in [0.2, 0.25) is 0 Å². The van der Waals surface area contributed by atoms with Gasteiger partial charge in [0, 0.05) is 63.4 Å². The van der Waals surface area contributed by atoms with Crippen molar-refractivity contribution in [3.8, 4) is 0 Å². The van der Waals surface area contributed by atoms with Crippen LogP contribution in [0.25, 0.3) is 0 Å². The normalized spacial score (nSPS) is 22.4. The predicted molar refractivity (Wildman–Crippen MR) is 177 cm³/mol. The van der Waals surface area contributed by atoms with Crippen molar-refractivity contribution in [3.05, 3.63) is 75.8 Å². The second-order valence-electron chi connectivity index (χ2n) is 13.5. The molecule has 3 aliphatic rings. The summed E-state index contributed by atoms with van der Waals surface area (Å²) in [6, 6.07) is 16.4. The van der Waals surface area contributed by atoms with Crippen LogP contribution in [0.4, 0.5) is 10.5 Å². The van der Waals surface area contributed by atoms with E-state index in [0.29, 0.717) is 18.4 Å². The van der Waals surface area contributed by atoms with Gasteiger partial charge in [0.1, 0.15) is 12.6 Å². The molecular formula is C36H50N4O6. The topological polar surface area (TPSA) is 116 Å². The number of nitro benzene ring substituents is 1. The SMILES string of the molecule is CCCCN(C(=O)OCc1ccc([N+](=O)[O-])cc1)C1CCN(C[C@H]2CN([C@@H](C(=O)O)C3CCCCC3)C[C@@H]2c2ccccc2)CC1. The number of carbonyl (C=O) groups is 2. The van der Waals surface area contributed by atoms with Crippen molar-refractivity contribution in [2.45, 2.75) is 89.3 Å². The molecule has 1 aliphatic carbocycles. The number of carboxylic acids is 1. The molecule has 10 nitrogen and oxygen atoms in total. The van der Waals surface area contributed by atoms with Crippen molar-refractivity contribution < 1.29 is 24.4 Å². The summed E-state index contributed by atoms with van der Waals surface area (Å²) in [5.74, 6) is 0.186. The summed E-state index contributed by atoms with van der Waals surface area (Å²) in [6.07, 6.45) is 8.75. The smallest absolute Gasteiger partial charge is 0.410 e. The van der Waals surface area contributed by atoms with E-state index in [-0.39, 0.29) is 30.3 Å². The van der Waals surface area contributed by atoms with Gasteiger partial charge in [-0.1, -0.05) is 62.9 Å². The molecule has 0 unspecified atom stereocenters. The Morgan fingerprint density at radius 2 is 1.70 bits per heavy atom. The fourth-order valence-electron chi connectivity index (χ4n) is 7.94. The van der Waals surface area contributed by atoms with Gasteiger partial charge in [0.05, 0.1) is 4.92 Å². The lowest BCUT2D eigenvalue weighted by Crippen LogP contribution is -2.49. The number of benzene rings is 2. The monoisotopic (exact) mass is 634 g/mol. The molecule has 46 heavy (non-hydrogen) atoms. The Morgan fingerprint density at radius 1 is 1.00 bits per heavy atom. The molecule has 2 aliphatic heterocycles. The van der Waals surface area contributed by atoms with E-state index in [9.17, 15) is 24.8 Å². The third-order valence-electron chi connectivity index (χ3n) is 10.4. The number of piperidine rings is 1. The summed E-state index contributed by atoms with van der Waals surface area (Å²) >= 11 is 0. The minimum atomic E-state index is -0.673. The van der Waals surface area contributed by atoms with E-state index in [1.54, 1.807) is 12.1 Å². The maximum Gasteiger partial charge on any atom is 0.410 e. The first-order valence-electron chi connectivity index (χ1n) is 17.2. The molecule has 0 bridgehead atoms. The highest BCUT2D eigenvalue weighted by atomic mass is 16.6. The van der Waals surface area contributed by atoms with E-state index in [1.165, 1.54) is 24.1 Å². The van der Waals surface area contributed by atoms with Crippen LogP contribution in [0.15, 0.2) is 54.6 Å². The van der Waals surface area contributed by atoms with Crippen LogP contribution in [0.5, 0.6) is 0 Å². The zero-order valence-corrected chi connectivity index (χ0v) is 27.2. The quantitative estimate of drug-likeness (QED) is 0.195. The third-order valence-corrected chi connectivity index (χ3v) is 10.4. The number of hydrogen-bond donors (Lipinski definition) is 1. The lowest BCUT2D eigenvalue weighted by molar-refractivity contribution is -0.384. The van der Waals surface area contributed by atoms with Crippen molar-refractivity contribution in [2.75, 3.05) is 39.3 Å². The van der Waals surface area contributed by atoms with Crippen LogP contribution in [-0.2, 0) is 16.1 Å². The highest BCUT2D eigenvalue weighted by molar-refractivity contribution is 5.74. The number of aliphatic carboxylic acids is 1. The molecule has 250 valence electrons. The number of non-ortho nitro benzene ring substituents is 1. The molecule has 2 aromatic carbocycles. The number of ether oxygens (including phenoxy) is 1. The molecule has 10 heteroatoms. The number of unbranched alkanes of at least 4 members (excludes halogenated alkanes) is 1. The number of likely N-dealkylation sites (tertiary alicyclic amines) is 2. The molecule has 5 rings (SSSR count). The number of nitrogens with zero attached hydrogens (tertiary/aromatic N) is 4.